The number of hydrogen-bond donors (Lipinski definition) is 2. The first-order valence-electron chi connectivity index (χ1n) is 11.5. The number of piperazine rings is 1. The molecule has 1 atom stereocenters. The third-order valence-electron chi connectivity index (χ3n) is 6.42. The fourth-order valence-corrected chi connectivity index (χ4v) is 4.51. The topological polar surface area (TPSA) is 85.0 Å². The van der Waals surface area contributed by atoms with Crippen LogP contribution in [0.5, 0.6) is 0 Å². The van der Waals surface area contributed by atoms with E-state index in [9.17, 15) is 14.4 Å². The number of hydrogen-bond acceptors (Lipinski definition) is 5. The van der Waals surface area contributed by atoms with Crippen molar-refractivity contribution < 1.29 is 14.4 Å². The third kappa shape index (κ3) is 5.75. The lowest BCUT2D eigenvalue weighted by Crippen LogP contribution is -2.52. The first-order chi connectivity index (χ1) is 16.3. The number of imide groups is 1. The minimum atomic E-state index is -0.897. The van der Waals surface area contributed by atoms with Crippen LogP contribution in [0.4, 0.5) is 10.5 Å². The largest absolute Gasteiger partial charge is 0.326 e. The van der Waals surface area contributed by atoms with Crippen molar-refractivity contribution in [2.24, 2.45) is 0 Å². The Morgan fingerprint density at radius 1 is 1.00 bits per heavy atom. The van der Waals surface area contributed by atoms with Crippen molar-refractivity contribution in [2.45, 2.75) is 25.3 Å². The second kappa shape index (κ2) is 10.5. The molecule has 2 heterocycles. The molecule has 0 aromatic heterocycles. The maximum Gasteiger partial charge on any atom is 0.326 e. The Morgan fingerprint density at radius 3 is 2.35 bits per heavy atom. The monoisotopic (exact) mass is 483 g/mol. The molecule has 0 radical (unpaired) electrons. The first-order valence-corrected chi connectivity index (χ1v) is 11.9. The van der Waals surface area contributed by atoms with Gasteiger partial charge in [0.1, 0.15) is 5.54 Å². The molecule has 2 aromatic rings. The summed E-state index contributed by atoms with van der Waals surface area (Å²) < 4.78 is 0. The molecule has 4 rings (SSSR count). The van der Waals surface area contributed by atoms with E-state index in [0.717, 1.165) is 5.56 Å². The number of benzene rings is 2. The highest BCUT2D eigenvalue weighted by Gasteiger charge is 2.47. The Balaban J connectivity index is 1.24. The predicted molar refractivity (Wildman–Crippen MR) is 132 cm³/mol. The predicted octanol–water partition coefficient (Wildman–Crippen LogP) is 2.80. The van der Waals surface area contributed by atoms with Crippen LogP contribution in [-0.4, -0.2) is 77.5 Å². The Hall–Kier alpha value is -2.94. The van der Waals surface area contributed by atoms with E-state index in [0.29, 0.717) is 49.7 Å². The molecule has 0 bridgehead atoms. The normalized spacial score (nSPS) is 21.5. The summed E-state index contributed by atoms with van der Waals surface area (Å²) in [6, 6.07) is 16.7. The second-order valence-corrected chi connectivity index (χ2v) is 9.45. The highest BCUT2D eigenvalue weighted by Crippen LogP contribution is 2.24. The highest BCUT2D eigenvalue weighted by molar-refractivity contribution is 6.33. The van der Waals surface area contributed by atoms with E-state index in [4.69, 9.17) is 11.6 Å². The summed E-state index contributed by atoms with van der Waals surface area (Å²) in [7, 11) is 0. The molecule has 0 spiro atoms. The molecule has 2 N–H and O–H groups in total. The zero-order chi connectivity index (χ0) is 24.1. The maximum absolute atomic E-state index is 13.1. The van der Waals surface area contributed by atoms with Gasteiger partial charge in [-0.25, -0.2) is 9.69 Å². The van der Waals surface area contributed by atoms with Crippen LogP contribution in [0, 0.1) is 0 Å². The molecule has 8 nitrogen and oxygen atoms in total. The Kier molecular flexibility index (Phi) is 7.50. The number of rotatable bonds is 8. The van der Waals surface area contributed by atoms with Gasteiger partial charge in [0, 0.05) is 26.2 Å². The Bertz CT molecular complexity index is 1040. The number of nitrogens with zero attached hydrogens (tertiary/aromatic N) is 3. The number of anilines is 1. The van der Waals surface area contributed by atoms with E-state index in [1.54, 1.807) is 19.1 Å². The number of nitrogens with one attached hydrogen (secondary N) is 2. The van der Waals surface area contributed by atoms with Gasteiger partial charge < -0.3 is 10.6 Å². The van der Waals surface area contributed by atoms with Crippen LogP contribution in [0.15, 0.2) is 54.6 Å². The summed E-state index contributed by atoms with van der Waals surface area (Å²) in [6.45, 7) is 4.99. The SMILES string of the molecule is CC1(CCc2ccccc2)NC(=O)N(CN2CCN(CC(=O)Nc3ccccc3Cl)CC2)C1=O. The molecular formula is C25H30ClN5O3. The third-order valence-corrected chi connectivity index (χ3v) is 6.75. The molecule has 2 aliphatic heterocycles. The molecular weight excluding hydrogens is 454 g/mol. The Morgan fingerprint density at radius 2 is 1.65 bits per heavy atom. The molecule has 1 unspecified atom stereocenters. The van der Waals surface area contributed by atoms with Gasteiger partial charge in [0.25, 0.3) is 5.91 Å². The van der Waals surface area contributed by atoms with E-state index >= 15 is 0 Å². The van der Waals surface area contributed by atoms with Gasteiger partial charge in [0.15, 0.2) is 0 Å². The summed E-state index contributed by atoms with van der Waals surface area (Å²) in [5.41, 5.74) is 0.839. The number of urea groups is 1. The van der Waals surface area contributed by atoms with Crippen molar-refractivity contribution in [3.63, 3.8) is 0 Å². The maximum atomic E-state index is 13.1. The van der Waals surface area contributed by atoms with E-state index in [1.807, 2.05) is 42.5 Å². The van der Waals surface area contributed by atoms with Crippen LogP contribution in [0.1, 0.15) is 18.9 Å². The van der Waals surface area contributed by atoms with Gasteiger partial charge in [0.05, 0.1) is 23.9 Å². The molecule has 2 aliphatic rings. The second-order valence-electron chi connectivity index (χ2n) is 9.04. The summed E-state index contributed by atoms with van der Waals surface area (Å²) in [5, 5.41) is 6.23. The lowest BCUT2D eigenvalue weighted by atomic mass is 9.93. The van der Waals surface area contributed by atoms with Gasteiger partial charge in [-0.1, -0.05) is 54.1 Å². The minimum Gasteiger partial charge on any atom is -0.324 e. The van der Waals surface area contributed by atoms with Gasteiger partial charge in [-0.3, -0.25) is 19.4 Å². The van der Waals surface area contributed by atoms with Gasteiger partial charge in [0.2, 0.25) is 5.91 Å². The molecule has 180 valence electrons. The van der Waals surface area contributed by atoms with E-state index in [-0.39, 0.29) is 31.1 Å². The van der Waals surface area contributed by atoms with Crippen molar-refractivity contribution in [1.82, 2.24) is 20.0 Å². The van der Waals surface area contributed by atoms with E-state index in [2.05, 4.69) is 20.4 Å². The summed E-state index contributed by atoms with van der Waals surface area (Å²) >= 11 is 6.11. The molecule has 2 saturated heterocycles. The molecule has 2 aromatic carbocycles. The number of aryl methyl sites for hydroxylation is 1. The lowest BCUT2D eigenvalue weighted by molar-refractivity contribution is -0.132. The van der Waals surface area contributed by atoms with Gasteiger partial charge in [-0.05, 0) is 37.5 Å². The van der Waals surface area contributed by atoms with Crippen LogP contribution < -0.4 is 10.6 Å². The van der Waals surface area contributed by atoms with Gasteiger partial charge in [-0.2, -0.15) is 0 Å². The molecule has 0 saturated carbocycles. The number of carbonyl (C=O) groups is 3. The quantitative estimate of drug-likeness (QED) is 0.564. The molecule has 4 amide bonds. The highest BCUT2D eigenvalue weighted by atomic mass is 35.5. The molecule has 0 aliphatic carbocycles. The van der Waals surface area contributed by atoms with Crippen LogP contribution in [0.3, 0.4) is 0 Å². The van der Waals surface area contributed by atoms with E-state index in [1.165, 1.54) is 4.90 Å². The van der Waals surface area contributed by atoms with Gasteiger partial charge >= 0.3 is 6.03 Å². The average molecular weight is 484 g/mol. The number of para-hydroxylation sites is 1. The average Bonchev–Trinajstić information content (AvgIpc) is 3.04. The molecule has 34 heavy (non-hydrogen) atoms. The fraction of sp³-hybridized carbons (Fsp3) is 0.400. The number of amides is 4. The summed E-state index contributed by atoms with van der Waals surface area (Å²) in [4.78, 5) is 43.5. The smallest absolute Gasteiger partial charge is 0.324 e. The lowest BCUT2D eigenvalue weighted by Gasteiger charge is -2.35. The number of halogens is 1. The van der Waals surface area contributed by atoms with Crippen LogP contribution in [-0.2, 0) is 16.0 Å². The van der Waals surface area contributed by atoms with Crippen LogP contribution >= 0.6 is 11.6 Å². The van der Waals surface area contributed by atoms with Crippen LogP contribution in [0.2, 0.25) is 5.02 Å². The molecule has 2 fully saturated rings. The summed E-state index contributed by atoms with van der Waals surface area (Å²) in [5.74, 6) is -0.306. The van der Waals surface area contributed by atoms with Crippen LogP contribution in [0.25, 0.3) is 0 Å². The molecule has 9 heteroatoms. The Labute approximate surface area is 204 Å². The zero-order valence-corrected chi connectivity index (χ0v) is 20.1. The van der Waals surface area contributed by atoms with Crippen molar-refractivity contribution in [3.05, 3.63) is 65.2 Å². The summed E-state index contributed by atoms with van der Waals surface area (Å²) in [6.07, 6.45) is 1.26. The van der Waals surface area contributed by atoms with E-state index < -0.39 is 5.54 Å². The number of carbonyl (C=O) groups excluding carboxylic acids is 3. The zero-order valence-electron chi connectivity index (χ0n) is 19.3. The standard InChI is InChI=1S/C25H30ClN5O3/c1-25(12-11-19-7-3-2-4-8-19)23(33)31(24(34)28-25)18-30-15-13-29(14-16-30)17-22(32)27-21-10-6-5-9-20(21)26/h2-10H,11-18H2,1H3,(H,27,32)(H,28,34). The minimum absolute atomic E-state index is 0.121. The van der Waals surface area contributed by atoms with Crippen molar-refractivity contribution in [2.75, 3.05) is 44.7 Å². The fourth-order valence-electron chi connectivity index (χ4n) is 4.33. The van der Waals surface area contributed by atoms with Gasteiger partial charge in [-0.15, -0.1) is 0 Å². The van der Waals surface area contributed by atoms with Crippen molar-refractivity contribution in [3.8, 4) is 0 Å². The van der Waals surface area contributed by atoms with Crippen molar-refractivity contribution >= 4 is 35.1 Å². The van der Waals surface area contributed by atoms with Crippen molar-refractivity contribution in [1.29, 1.82) is 0 Å². The first kappa shape index (κ1) is 24.2.